The van der Waals surface area contributed by atoms with Crippen LogP contribution >= 0.6 is 0 Å². The van der Waals surface area contributed by atoms with Gasteiger partial charge in [-0.1, -0.05) is 58.9 Å². The first kappa shape index (κ1) is 11.7. The minimum Gasteiger partial charge on any atom is -0.385 e. The molecule has 1 aliphatic rings. The second-order valence-corrected chi connectivity index (χ2v) is 6.72. The second-order valence-electron chi connectivity index (χ2n) is 6.72. The maximum absolute atomic E-state index is 11.0. The summed E-state index contributed by atoms with van der Waals surface area (Å²) in [6, 6.07) is 8.32. The number of fused-ring (bicyclic) bond motifs is 1. The minimum atomic E-state index is -0.701. The molecule has 0 heterocycles. The molecule has 1 aromatic carbocycles. The van der Waals surface area contributed by atoms with Gasteiger partial charge in [0, 0.05) is 0 Å². The number of aliphatic hydroxyl groups is 1. The molecule has 0 spiro atoms. The zero-order valence-electron chi connectivity index (χ0n) is 11.0. The van der Waals surface area contributed by atoms with Gasteiger partial charge in [-0.15, -0.1) is 0 Å². The van der Waals surface area contributed by atoms with Crippen molar-refractivity contribution in [3.8, 4) is 0 Å². The predicted molar refractivity (Wildman–Crippen MR) is 67.4 cm³/mol. The van der Waals surface area contributed by atoms with Crippen molar-refractivity contribution in [1.29, 1.82) is 0 Å². The largest absolute Gasteiger partial charge is 0.385 e. The third-order valence-corrected chi connectivity index (χ3v) is 4.04. The summed E-state index contributed by atoms with van der Waals surface area (Å²) < 4.78 is 0. The van der Waals surface area contributed by atoms with Crippen LogP contribution in [0.3, 0.4) is 0 Å². The first-order chi connectivity index (χ1) is 7.18. The highest BCUT2D eigenvalue weighted by atomic mass is 16.3. The van der Waals surface area contributed by atoms with Crippen molar-refractivity contribution >= 4 is 0 Å². The van der Waals surface area contributed by atoms with Crippen LogP contribution in [0.1, 0.15) is 52.2 Å². The second kappa shape index (κ2) is 3.10. The molecule has 2 rings (SSSR count). The zero-order chi connectivity index (χ0) is 12.2. The molecule has 1 aliphatic carbocycles. The van der Waals surface area contributed by atoms with E-state index < -0.39 is 5.60 Å². The molecule has 0 aliphatic heterocycles. The molecular formula is C15H22O. The molecule has 0 bridgehead atoms. The Morgan fingerprint density at radius 2 is 1.56 bits per heavy atom. The molecule has 1 atom stereocenters. The Labute approximate surface area is 98.5 Å². The van der Waals surface area contributed by atoms with E-state index in [4.69, 9.17) is 0 Å². The highest BCUT2D eigenvalue weighted by Crippen LogP contribution is 2.55. The molecule has 0 unspecified atom stereocenters. The number of hydrogen-bond acceptors (Lipinski definition) is 1. The van der Waals surface area contributed by atoms with Gasteiger partial charge in [0.1, 0.15) is 0 Å². The van der Waals surface area contributed by atoms with E-state index in [9.17, 15) is 5.11 Å². The van der Waals surface area contributed by atoms with Gasteiger partial charge in [0.2, 0.25) is 0 Å². The molecule has 0 saturated carbocycles. The van der Waals surface area contributed by atoms with Crippen LogP contribution in [0.15, 0.2) is 24.3 Å². The maximum Gasteiger partial charge on any atom is 0.0955 e. The van der Waals surface area contributed by atoms with E-state index >= 15 is 0 Å². The fourth-order valence-corrected chi connectivity index (χ4v) is 2.93. The van der Waals surface area contributed by atoms with Crippen LogP contribution < -0.4 is 0 Å². The first-order valence-corrected chi connectivity index (χ1v) is 6.01. The summed E-state index contributed by atoms with van der Waals surface area (Å²) >= 11 is 0. The van der Waals surface area contributed by atoms with Crippen LogP contribution in [-0.4, -0.2) is 5.11 Å². The van der Waals surface area contributed by atoms with E-state index in [1.54, 1.807) is 0 Å². The van der Waals surface area contributed by atoms with Crippen LogP contribution in [0.5, 0.6) is 0 Å². The molecule has 0 aromatic heterocycles. The molecule has 0 amide bonds. The van der Waals surface area contributed by atoms with Gasteiger partial charge in [-0.2, -0.15) is 0 Å². The van der Waals surface area contributed by atoms with Gasteiger partial charge in [-0.3, -0.25) is 0 Å². The molecule has 0 fully saturated rings. The average Bonchev–Trinajstić information content (AvgIpc) is 2.36. The lowest BCUT2D eigenvalue weighted by atomic mass is 9.71. The summed E-state index contributed by atoms with van der Waals surface area (Å²) in [5.74, 6) is 0. The topological polar surface area (TPSA) is 20.2 Å². The number of rotatable bonds is 0. The zero-order valence-corrected chi connectivity index (χ0v) is 11.0. The van der Waals surface area contributed by atoms with Gasteiger partial charge in [-0.05, 0) is 28.4 Å². The minimum absolute atomic E-state index is 0.0681. The molecule has 16 heavy (non-hydrogen) atoms. The lowest BCUT2D eigenvalue weighted by Gasteiger charge is -2.39. The van der Waals surface area contributed by atoms with Gasteiger partial charge in [0.15, 0.2) is 0 Å². The van der Waals surface area contributed by atoms with Crippen molar-refractivity contribution in [2.24, 2.45) is 5.41 Å². The van der Waals surface area contributed by atoms with Crippen LogP contribution in [0.2, 0.25) is 0 Å². The lowest BCUT2D eigenvalue weighted by molar-refractivity contribution is -0.0712. The summed E-state index contributed by atoms with van der Waals surface area (Å²) in [5, 5.41) is 11.0. The summed E-state index contributed by atoms with van der Waals surface area (Å²) in [6.45, 7) is 10.8. The smallest absolute Gasteiger partial charge is 0.0955 e. The van der Waals surface area contributed by atoms with Crippen molar-refractivity contribution in [2.75, 3.05) is 0 Å². The quantitative estimate of drug-likeness (QED) is 0.705. The van der Waals surface area contributed by atoms with Crippen LogP contribution in [0, 0.1) is 5.41 Å². The van der Waals surface area contributed by atoms with Crippen molar-refractivity contribution in [1.82, 2.24) is 0 Å². The fraction of sp³-hybridized carbons (Fsp3) is 0.600. The molecule has 1 heteroatoms. The third kappa shape index (κ3) is 1.41. The Balaban J connectivity index is 2.65. The first-order valence-electron chi connectivity index (χ1n) is 6.01. The van der Waals surface area contributed by atoms with E-state index in [1.807, 2.05) is 6.07 Å². The summed E-state index contributed by atoms with van der Waals surface area (Å²) in [6.07, 6.45) is 0.808. The number of benzene rings is 1. The fourth-order valence-electron chi connectivity index (χ4n) is 2.93. The molecule has 1 nitrogen and oxygen atoms in total. The highest BCUT2D eigenvalue weighted by molar-refractivity contribution is 5.44. The molecule has 88 valence electrons. The van der Waals surface area contributed by atoms with Gasteiger partial charge < -0.3 is 5.11 Å². The van der Waals surface area contributed by atoms with Gasteiger partial charge >= 0.3 is 0 Å². The Bertz CT molecular complexity index is 412. The van der Waals surface area contributed by atoms with Crippen molar-refractivity contribution in [3.63, 3.8) is 0 Å². The Morgan fingerprint density at radius 1 is 1.06 bits per heavy atom. The third-order valence-electron chi connectivity index (χ3n) is 4.04. The van der Waals surface area contributed by atoms with Crippen LogP contribution in [0.25, 0.3) is 0 Å². The number of hydrogen-bond donors (Lipinski definition) is 1. The Morgan fingerprint density at radius 3 is 2.06 bits per heavy atom. The van der Waals surface area contributed by atoms with E-state index in [1.165, 1.54) is 5.56 Å². The SMILES string of the molecule is CC1(C)C[C@@](O)(C(C)(C)C)c2ccccc21. The van der Waals surface area contributed by atoms with E-state index in [2.05, 4.69) is 52.8 Å². The Kier molecular flexibility index (Phi) is 2.26. The monoisotopic (exact) mass is 218 g/mol. The standard InChI is InChI=1S/C15H22O/c1-13(2,3)15(16)10-14(4,5)11-8-6-7-9-12(11)15/h6-9,16H,10H2,1-5H3/t15-/m0/s1. The summed E-state index contributed by atoms with van der Waals surface area (Å²) in [7, 11) is 0. The normalized spacial score (nSPS) is 27.9. The average molecular weight is 218 g/mol. The van der Waals surface area contributed by atoms with Gasteiger partial charge in [0.05, 0.1) is 5.60 Å². The molecule has 0 radical (unpaired) electrons. The molecule has 1 N–H and O–H groups in total. The molecule has 0 saturated heterocycles. The maximum atomic E-state index is 11.0. The summed E-state index contributed by atoms with van der Waals surface area (Å²) in [4.78, 5) is 0. The van der Waals surface area contributed by atoms with Gasteiger partial charge in [0.25, 0.3) is 0 Å². The van der Waals surface area contributed by atoms with E-state index in [0.29, 0.717) is 0 Å². The van der Waals surface area contributed by atoms with Crippen molar-refractivity contribution in [2.45, 2.75) is 52.1 Å². The van der Waals surface area contributed by atoms with Crippen molar-refractivity contribution in [3.05, 3.63) is 35.4 Å². The Hall–Kier alpha value is -0.820. The van der Waals surface area contributed by atoms with Gasteiger partial charge in [-0.25, -0.2) is 0 Å². The predicted octanol–water partition coefficient (Wildman–Crippen LogP) is 3.60. The molecular weight excluding hydrogens is 196 g/mol. The lowest BCUT2D eigenvalue weighted by Crippen LogP contribution is -2.39. The van der Waals surface area contributed by atoms with Crippen molar-refractivity contribution < 1.29 is 5.11 Å². The summed E-state index contributed by atoms with van der Waals surface area (Å²) in [5.41, 5.74) is 1.66. The van der Waals surface area contributed by atoms with Crippen LogP contribution in [0.4, 0.5) is 0 Å². The molecule has 1 aromatic rings. The van der Waals surface area contributed by atoms with E-state index in [-0.39, 0.29) is 10.8 Å². The van der Waals surface area contributed by atoms with Crippen LogP contribution in [-0.2, 0) is 11.0 Å². The highest BCUT2D eigenvalue weighted by Gasteiger charge is 2.52. The van der Waals surface area contributed by atoms with E-state index in [0.717, 1.165) is 12.0 Å².